The summed E-state index contributed by atoms with van der Waals surface area (Å²) in [6.07, 6.45) is 1.04. The standard InChI is InChI=1S/C12H16N2O/c1-6-10-9(14(13-6)7(2)15)5-8-11(10)12(8,3)4/h8,11H,5H2,1-4H3/t8-,11+/m1/s1. The van der Waals surface area contributed by atoms with E-state index < -0.39 is 0 Å². The largest absolute Gasteiger partial charge is 0.273 e. The van der Waals surface area contributed by atoms with Crippen LogP contribution in [-0.2, 0) is 6.42 Å². The Kier molecular flexibility index (Phi) is 1.42. The van der Waals surface area contributed by atoms with Crippen molar-refractivity contribution in [2.75, 3.05) is 0 Å². The fraction of sp³-hybridized carbons (Fsp3) is 0.667. The van der Waals surface area contributed by atoms with Gasteiger partial charge in [-0.25, -0.2) is 4.68 Å². The molecule has 15 heavy (non-hydrogen) atoms. The van der Waals surface area contributed by atoms with E-state index in [4.69, 9.17) is 0 Å². The number of nitrogens with zero attached hydrogens (tertiary/aromatic N) is 2. The highest BCUT2D eigenvalue weighted by Crippen LogP contribution is 2.70. The van der Waals surface area contributed by atoms with Crippen molar-refractivity contribution in [1.29, 1.82) is 0 Å². The van der Waals surface area contributed by atoms with Gasteiger partial charge in [-0.05, 0) is 30.6 Å². The average molecular weight is 204 g/mol. The number of hydrogen-bond donors (Lipinski definition) is 0. The smallest absolute Gasteiger partial charge is 0.243 e. The minimum Gasteiger partial charge on any atom is -0.273 e. The molecule has 0 saturated heterocycles. The number of fused-ring (bicyclic) bond motifs is 3. The first kappa shape index (κ1) is 9.13. The molecule has 1 aromatic heterocycles. The summed E-state index contributed by atoms with van der Waals surface area (Å²) >= 11 is 0. The molecule has 0 N–H and O–H groups in total. The van der Waals surface area contributed by atoms with E-state index in [-0.39, 0.29) is 5.91 Å². The van der Waals surface area contributed by atoms with Crippen LogP contribution in [0.15, 0.2) is 0 Å². The Morgan fingerprint density at radius 2 is 2.20 bits per heavy atom. The van der Waals surface area contributed by atoms with E-state index in [1.54, 1.807) is 11.6 Å². The summed E-state index contributed by atoms with van der Waals surface area (Å²) in [6, 6.07) is 0. The van der Waals surface area contributed by atoms with Crippen molar-refractivity contribution in [3.63, 3.8) is 0 Å². The molecule has 2 aliphatic rings. The minimum absolute atomic E-state index is 0.0402. The molecule has 1 saturated carbocycles. The van der Waals surface area contributed by atoms with Crippen molar-refractivity contribution >= 4 is 5.91 Å². The molecule has 0 aromatic carbocycles. The second kappa shape index (κ2) is 2.34. The van der Waals surface area contributed by atoms with Gasteiger partial charge in [0.15, 0.2) is 0 Å². The molecule has 1 heterocycles. The first-order chi connectivity index (χ1) is 6.94. The van der Waals surface area contributed by atoms with Crippen LogP contribution in [-0.4, -0.2) is 15.7 Å². The highest BCUT2D eigenvalue weighted by Gasteiger charge is 2.63. The van der Waals surface area contributed by atoms with Crippen LogP contribution < -0.4 is 0 Å². The Labute approximate surface area is 89.5 Å². The fourth-order valence-corrected chi connectivity index (χ4v) is 3.36. The van der Waals surface area contributed by atoms with Crippen LogP contribution in [0.25, 0.3) is 0 Å². The van der Waals surface area contributed by atoms with Gasteiger partial charge in [-0.3, -0.25) is 4.79 Å². The lowest BCUT2D eigenvalue weighted by Gasteiger charge is -2.08. The zero-order valence-electron chi connectivity index (χ0n) is 9.66. The summed E-state index contributed by atoms with van der Waals surface area (Å²) < 4.78 is 1.60. The zero-order valence-corrected chi connectivity index (χ0v) is 9.66. The van der Waals surface area contributed by atoms with Crippen LogP contribution in [0.3, 0.4) is 0 Å². The second-order valence-corrected chi connectivity index (χ2v) is 5.49. The van der Waals surface area contributed by atoms with Gasteiger partial charge in [0.25, 0.3) is 0 Å². The molecule has 3 nitrogen and oxygen atoms in total. The van der Waals surface area contributed by atoms with Crippen LogP contribution in [0.4, 0.5) is 0 Å². The molecule has 0 amide bonds. The van der Waals surface area contributed by atoms with E-state index in [2.05, 4.69) is 18.9 Å². The van der Waals surface area contributed by atoms with Crippen LogP contribution in [0, 0.1) is 18.3 Å². The molecule has 0 bridgehead atoms. The molecule has 80 valence electrons. The molecule has 2 atom stereocenters. The van der Waals surface area contributed by atoms with Crippen molar-refractivity contribution in [2.24, 2.45) is 11.3 Å². The first-order valence-corrected chi connectivity index (χ1v) is 5.54. The van der Waals surface area contributed by atoms with Crippen molar-refractivity contribution in [2.45, 2.75) is 40.0 Å². The SMILES string of the molecule is CC(=O)n1nc(C)c2c1C[C@@H]1[C@@H]2C1(C)C. The summed E-state index contributed by atoms with van der Waals surface area (Å²) in [5.74, 6) is 1.44. The Morgan fingerprint density at radius 3 is 2.80 bits per heavy atom. The lowest BCUT2D eigenvalue weighted by Crippen LogP contribution is -2.13. The predicted octanol–water partition coefficient (Wildman–Crippen LogP) is 2.15. The van der Waals surface area contributed by atoms with Gasteiger partial charge in [0.05, 0.1) is 11.4 Å². The van der Waals surface area contributed by atoms with E-state index >= 15 is 0 Å². The third kappa shape index (κ3) is 0.912. The third-order valence-corrected chi connectivity index (χ3v) is 4.28. The number of carbonyl (C=O) groups is 1. The van der Waals surface area contributed by atoms with E-state index in [0.29, 0.717) is 11.3 Å². The summed E-state index contributed by atoms with van der Waals surface area (Å²) in [6.45, 7) is 8.24. The molecule has 3 heteroatoms. The maximum absolute atomic E-state index is 11.4. The summed E-state index contributed by atoms with van der Waals surface area (Å²) in [4.78, 5) is 11.4. The second-order valence-electron chi connectivity index (χ2n) is 5.49. The fourth-order valence-electron chi connectivity index (χ4n) is 3.36. The predicted molar refractivity (Wildman–Crippen MR) is 57.0 cm³/mol. The van der Waals surface area contributed by atoms with E-state index in [1.165, 1.54) is 11.3 Å². The quantitative estimate of drug-likeness (QED) is 0.649. The molecule has 0 aliphatic heterocycles. The Morgan fingerprint density at radius 1 is 1.53 bits per heavy atom. The van der Waals surface area contributed by atoms with Crippen molar-refractivity contribution < 1.29 is 4.79 Å². The monoisotopic (exact) mass is 204 g/mol. The van der Waals surface area contributed by atoms with Gasteiger partial charge in [-0.2, -0.15) is 5.10 Å². The van der Waals surface area contributed by atoms with Crippen LogP contribution in [0.2, 0.25) is 0 Å². The number of rotatable bonds is 0. The van der Waals surface area contributed by atoms with Gasteiger partial charge in [-0.1, -0.05) is 13.8 Å². The van der Waals surface area contributed by atoms with Gasteiger partial charge in [0.2, 0.25) is 5.91 Å². The van der Waals surface area contributed by atoms with E-state index in [0.717, 1.165) is 18.0 Å². The highest BCUT2D eigenvalue weighted by atomic mass is 16.2. The Bertz CT molecular complexity index is 470. The van der Waals surface area contributed by atoms with Gasteiger partial charge in [0, 0.05) is 12.5 Å². The normalized spacial score (nSPS) is 29.9. The lowest BCUT2D eigenvalue weighted by atomic mass is 9.98. The van der Waals surface area contributed by atoms with Crippen LogP contribution in [0.5, 0.6) is 0 Å². The number of aromatic nitrogens is 2. The lowest BCUT2D eigenvalue weighted by molar-refractivity contribution is 0.0917. The van der Waals surface area contributed by atoms with Gasteiger partial charge < -0.3 is 0 Å². The van der Waals surface area contributed by atoms with Crippen LogP contribution in [0.1, 0.15) is 48.4 Å². The highest BCUT2D eigenvalue weighted by molar-refractivity contribution is 5.77. The Hall–Kier alpha value is -1.12. The molecular weight excluding hydrogens is 188 g/mol. The van der Waals surface area contributed by atoms with Crippen molar-refractivity contribution in [3.8, 4) is 0 Å². The summed E-state index contributed by atoms with van der Waals surface area (Å²) in [5.41, 5.74) is 4.02. The Balaban J connectivity index is 2.14. The molecule has 0 spiro atoms. The third-order valence-electron chi connectivity index (χ3n) is 4.28. The van der Waals surface area contributed by atoms with Gasteiger partial charge >= 0.3 is 0 Å². The van der Waals surface area contributed by atoms with Crippen molar-refractivity contribution in [1.82, 2.24) is 9.78 Å². The molecule has 1 fully saturated rings. The molecule has 2 aliphatic carbocycles. The number of aryl methyl sites for hydroxylation is 1. The molecule has 1 aromatic rings. The molecule has 0 unspecified atom stereocenters. The topological polar surface area (TPSA) is 34.9 Å². The first-order valence-electron chi connectivity index (χ1n) is 5.54. The van der Waals surface area contributed by atoms with Crippen molar-refractivity contribution in [3.05, 3.63) is 17.0 Å². The minimum atomic E-state index is 0.0402. The van der Waals surface area contributed by atoms with Gasteiger partial charge in [0.1, 0.15) is 0 Å². The van der Waals surface area contributed by atoms with Gasteiger partial charge in [-0.15, -0.1) is 0 Å². The number of hydrogen-bond acceptors (Lipinski definition) is 2. The number of carbonyl (C=O) groups excluding carboxylic acids is 1. The zero-order chi connectivity index (χ0) is 11.0. The van der Waals surface area contributed by atoms with Crippen LogP contribution >= 0.6 is 0 Å². The summed E-state index contributed by atoms with van der Waals surface area (Å²) in [7, 11) is 0. The maximum atomic E-state index is 11.4. The molecule has 3 rings (SSSR count). The maximum Gasteiger partial charge on any atom is 0.243 e. The van der Waals surface area contributed by atoms with E-state index in [1.807, 2.05) is 6.92 Å². The van der Waals surface area contributed by atoms with E-state index in [9.17, 15) is 4.79 Å². The molecule has 0 radical (unpaired) electrons. The average Bonchev–Trinajstić information content (AvgIpc) is 2.54. The molecular formula is C12H16N2O. The summed E-state index contributed by atoms with van der Waals surface area (Å²) in [5, 5.41) is 4.34.